The fourth-order valence-corrected chi connectivity index (χ4v) is 8.77. The molecule has 11 aromatic rings. The Balaban J connectivity index is 1.28. The Labute approximate surface area is 338 Å². The summed E-state index contributed by atoms with van der Waals surface area (Å²) in [6.45, 7) is 0. The summed E-state index contributed by atoms with van der Waals surface area (Å²) in [4.78, 5) is 15.0. The predicted molar refractivity (Wildman–Crippen MR) is 234 cm³/mol. The van der Waals surface area contributed by atoms with Crippen LogP contribution in [0.2, 0.25) is 0 Å². The fraction of sp³-hybridized carbons (Fsp3) is 0. The zero-order valence-electron chi connectivity index (χ0n) is 37.6. The van der Waals surface area contributed by atoms with Crippen LogP contribution in [0.5, 0.6) is 0 Å². The van der Waals surface area contributed by atoms with Gasteiger partial charge in [0.15, 0.2) is 17.5 Å². The van der Waals surface area contributed by atoms with Crippen LogP contribution in [0.4, 0.5) is 0 Å². The Kier molecular flexibility index (Phi) is 5.92. The van der Waals surface area contributed by atoms with Gasteiger partial charge in [0, 0.05) is 58.8 Å². The Morgan fingerprint density at radius 3 is 1.59 bits per heavy atom. The van der Waals surface area contributed by atoms with Crippen LogP contribution in [0.25, 0.3) is 104 Å². The molecule has 0 N–H and O–H groups in total. The second kappa shape index (κ2) is 13.3. The number of aromatic nitrogens is 4. The van der Waals surface area contributed by atoms with E-state index in [0.717, 1.165) is 32.9 Å². The molecule has 0 saturated heterocycles. The quantitative estimate of drug-likeness (QED) is 0.170. The molecular formula is C51H32N4S. The zero-order valence-corrected chi connectivity index (χ0v) is 30.4. The summed E-state index contributed by atoms with van der Waals surface area (Å²) in [5, 5.41) is 2.52. The van der Waals surface area contributed by atoms with E-state index < -0.39 is 0 Å². The van der Waals surface area contributed by atoms with Crippen LogP contribution >= 0.6 is 11.3 Å². The van der Waals surface area contributed by atoms with Crippen LogP contribution in [0.3, 0.4) is 0 Å². The molecule has 8 aromatic carbocycles. The minimum absolute atomic E-state index is 0.00500. The second-order valence-electron chi connectivity index (χ2n) is 13.3. The van der Waals surface area contributed by atoms with Gasteiger partial charge in [-0.1, -0.05) is 164 Å². The van der Waals surface area contributed by atoms with E-state index in [9.17, 15) is 5.48 Å². The highest BCUT2D eigenvalue weighted by atomic mass is 32.1. The molecule has 0 aliphatic rings. The van der Waals surface area contributed by atoms with Gasteiger partial charge < -0.3 is 4.57 Å². The lowest BCUT2D eigenvalue weighted by Gasteiger charge is -2.17. The summed E-state index contributed by atoms with van der Waals surface area (Å²) in [6.07, 6.45) is 0. The molecule has 0 amide bonds. The number of benzene rings is 8. The minimum Gasteiger partial charge on any atom is -0.309 e. The first-order valence-corrected chi connectivity index (χ1v) is 18.9. The van der Waals surface area contributed by atoms with Crippen LogP contribution in [0, 0.1) is 0 Å². The van der Waals surface area contributed by atoms with Crippen molar-refractivity contribution < 1.29 is 11.0 Å². The van der Waals surface area contributed by atoms with Gasteiger partial charge in [-0.25, -0.2) is 15.0 Å². The monoisotopic (exact) mass is 740 g/mol. The highest BCUT2D eigenvalue weighted by molar-refractivity contribution is 7.26. The molecule has 4 nitrogen and oxygen atoms in total. The average molecular weight is 741 g/mol. The summed E-state index contributed by atoms with van der Waals surface area (Å²) in [5.41, 5.74) is 6.14. The van der Waals surface area contributed by atoms with E-state index in [2.05, 4.69) is 16.7 Å². The highest BCUT2D eigenvalue weighted by Gasteiger charge is 2.21. The molecule has 262 valence electrons. The normalized spacial score (nSPS) is 13.6. The van der Waals surface area contributed by atoms with Crippen LogP contribution in [-0.4, -0.2) is 19.5 Å². The third-order valence-corrected chi connectivity index (χ3v) is 11.3. The molecule has 0 unspecified atom stereocenters. The van der Waals surface area contributed by atoms with Crippen molar-refractivity contribution in [1.29, 1.82) is 0 Å². The molecule has 11 rings (SSSR count). The molecule has 0 radical (unpaired) electrons. The lowest BCUT2D eigenvalue weighted by atomic mass is 9.97. The maximum atomic E-state index is 9.73. The number of nitrogens with zero attached hydrogens (tertiary/aromatic N) is 4. The van der Waals surface area contributed by atoms with Crippen molar-refractivity contribution in [3.63, 3.8) is 0 Å². The lowest BCUT2D eigenvalue weighted by molar-refractivity contribution is 1.07. The van der Waals surface area contributed by atoms with Crippen molar-refractivity contribution in [2.75, 3.05) is 0 Å². The van der Waals surface area contributed by atoms with E-state index in [1.165, 1.54) is 29.5 Å². The van der Waals surface area contributed by atoms with Crippen molar-refractivity contribution in [2.24, 2.45) is 0 Å². The summed E-state index contributed by atoms with van der Waals surface area (Å²) in [6, 6.07) is 44.2. The molecule has 3 aromatic heterocycles. The number of rotatable bonds is 6. The zero-order chi connectivity index (χ0) is 44.0. The molecule has 0 aliphatic heterocycles. The van der Waals surface area contributed by atoms with Crippen molar-refractivity contribution in [3.05, 3.63) is 194 Å². The van der Waals surface area contributed by atoms with E-state index in [0.29, 0.717) is 54.8 Å². The lowest BCUT2D eigenvalue weighted by Crippen LogP contribution is -2.02. The molecule has 56 heavy (non-hydrogen) atoms. The van der Waals surface area contributed by atoms with Crippen LogP contribution in [-0.2, 0) is 0 Å². The van der Waals surface area contributed by atoms with E-state index in [-0.39, 0.29) is 64.7 Å². The molecule has 0 aliphatic carbocycles. The first-order chi connectivity index (χ1) is 31.1. The van der Waals surface area contributed by atoms with Gasteiger partial charge in [-0.05, 0) is 41.5 Å². The first kappa shape index (κ1) is 25.0. The predicted octanol–water partition coefficient (Wildman–Crippen LogP) is 13.7. The van der Waals surface area contributed by atoms with Crippen molar-refractivity contribution >= 4 is 53.3 Å². The Hall–Kier alpha value is -7.21. The van der Waals surface area contributed by atoms with Crippen molar-refractivity contribution in [1.82, 2.24) is 19.5 Å². The number of fused-ring (bicyclic) bond motifs is 6. The molecular weight excluding hydrogens is 701 g/mol. The fourth-order valence-electron chi connectivity index (χ4n) is 7.53. The van der Waals surface area contributed by atoms with Gasteiger partial charge in [0.1, 0.15) is 0 Å². The number of hydrogen-bond donors (Lipinski definition) is 0. The van der Waals surface area contributed by atoms with Gasteiger partial charge in [-0.3, -0.25) is 0 Å². The van der Waals surface area contributed by atoms with Gasteiger partial charge in [0.2, 0.25) is 0 Å². The van der Waals surface area contributed by atoms with Gasteiger partial charge in [0.25, 0.3) is 0 Å². The highest BCUT2D eigenvalue weighted by Crippen LogP contribution is 2.46. The first-order valence-electron chi connectivity index (χ1n) is 22.1. The van der Waals surface area contributed by atoms with Crippen molar-refractivity contribution in [3.8, 4) is 62.1 Å². The van der Waals surface area contributed by atoms with Gasteiger partial charge >= 0.3 is 0 Å². The average Bonchev–Trinajstić information content (AvgIpc) is 3.87. The third-order valence-electron chi connectivity index (χ3n) is 10.1. The Bertz CT molecular complexity index is 3590. The van der Waals surface area contributed by atoms with Gasteiger partial charge in [-0.15, -0.1) is 11.3 Å². The van der Waals surface area contributed by atoms with E-state index in [1.54, 1.807) is 0 Å². The molecule has 0 saturated carbocycles. The third kappa shape index (κ3) is 5.32. The van der Waals surface area contributed by atoms with E-state index in [1.807, 2.05) is 115 Å². The van der Waals surface area contributed by atoms with E-state index >= 15 is 0 Å². The standard InChI is InChI=1S/C51H32N4S/c1-4-16-33(17-5-1)37-24-14-25-40-41-26-15-27-42(48(41)56-47(37)40)43-32-36(30-31-46(43)55-44-28-12-10-22-38(44)39-23-11-13-29-45(39)55)51-53-49(34-18-6-2-7-19-34)52-50(54-51)35-20-8-3-9-21-35/h1-32H/i1D,14D,15D,16D,17D,25D,26D,27D. The Morgan fingerprint density at radius 1 is 0.393 bits per heavy atom. The summed E-state index contributed by atoms with van der Waals surface area (Å²) >= 11 is 1.21. The van der Waals surface area contributed by atoms with E-state index in [4.69, 9.17) is 20.4 Å². The summed E-state index contributed by atoms with van der Waals surface area (Å²) < 4.78 is 75.4. The molecule has 0 atom stereocenters. The SMILES string of the molecule is [2H]c1cc([2H])c(-c2cc([2H])c([2H])c3c2sc2c(-c4cc(-c5nc(-c6ccccc6)nc(-c6ccccc6)n5)ccc4-n4c5ccccc5c5ccccc54)c([2H])c([2H])c([2H])c23)c([2H])c1. The summed E-state index contributed by atoms with van der Waals surface area (Å²) in [7, 11) is 0. The number of hydrogen-bond acceptors (Lipinski definition) is 4. The smallest absolute Gasteiger partial charge is 0.164 e. The van der Waals surface area contributed by atoms with Crippen LogP contribution < -0.4 is 0 Å². The molecule has 3 heterocycles. The molecule has 0 fully saturated rings. The topological polar surface area (TPSA) is 43.6 Å². The maximum absolute atomic E-state index is 9.73. The van der Waals surface area contributed by atoms with Gasteiger partial charge in [-0.2, -0.15) is 0 Å². The molecule has 5 heteroatoms. The van der Waals surface area contributed by atoms with Gasteiger partial charge in [0.05, 0.1) is 27.7 Å². The number of thiophene rings is 1. The minimum atomic E-state index is -0.351. The van der Waals surface area contributed by atoms with Crippen molar-refractivity contribution in [2.45, 2.75) is 0 Å². The number of para-hydroxylation sites is 2. The van der Waals surface area contributed by atoms with Crippen LogP contribution in [0.1, 0.15) is 11.0 Å². The Morgan fingerprint density at radius 2 is 0.946 bits per heavy atom. The second-order valence-corrected chi connectivity index (χ2v) is 14.4. The summed E-state index contributed by atoms with van der Waals surface area (Å²) in [5.74, 6) is 1.32. The van der Waals surface area contributed by atoms with Crippen LogP contribution in [0.15, 0.2) is 194 Å². The largest absolute Gasteiger partial charge is 0.309 e. The molecule has 0 spiro atoms. The molecule has 0 bridgehead atoms. The maximum Gasteiger partial charge on any atom is 0.164 e.